The first-order valence-electron chi connectivity index (χ1n) is 4.77. The van der Waals surface area contributed by atoms with Crippen LogP contribution in [0.2, 0.25) is 0 Å². The Hall–Kier alpha value is -0.830. The van der Waals surface area contributed by atoms with Crippen LogP contribution in [0, 0.1) is 5.92 Å². The van der Waals surface area contributed by atoms with E-state index in [4.69, 9.17) is 5.11 Å². The lowest BCUT2D eigenvalue weighted by molar-refractivity contribution is -0.132. The van der Waals surface area contributed by atoms with Crippen LogP contribution in [0.3, 0.4) is 0 Å². The Kier molecular flexibility index (Phi) is 3.48. The fourth-order valence-corrected chi connectivity index (χ4v) is 1.73. The van der Waals surface area contributed by atoms with Crippen LogP contribution in [-0.4, -0.2) is 35.6 Å². The summed E-state index contributed by atoms with van der Waals surface area (Å²) in [6.45, 7) is 8.28. The Morgan fingerprint density at radius 2 is 2.38 bits per heavy atom. The van der Waals surface area contributed by atoms with Crippen LogP contribution in [0.1, 0.15) is 19.8 Å². The van der Waals surface area contributed by atoms with Crippen molar-refractivity contribution in [1.29, 1.82) is 0 Å². The molecule has 0 aliphatic carbocycles. The van der Waals surface area contributed by atoms with Gasteiger partial charge in [0.25, 0.3) is 0 Å². The van der Waals surface area contributed by atoms with Crippen molar-refractivity contribution in [2.45, 2.75) is 19.8 Å². The maximum atomic E-state index is 10.5. The van der Waals surface area contributed by atoms with Crippen LogP contribution in [-0.2, 0) is 4.79 Å². The monoisotopic (exact) mass is 183 g/mol. The van der Waals surface area contributed by atoms with Gasteiger partial charge in [-0.25, -0.2) is 4.79 Å². The second-order valence-electron chi connectivity index (χ2n) is 3.71. The van der Waals surface area contributed by atoms with Crippen molar-refractivity contribution in [2.75, 3.05) is 19.6 Å². The summed E-state index contributed by atoms with van der Waals surface area (Å²) in [6.07, 6.45) is 2.39. The number of nitrogens with zero attached hydrogens (tertiary/aromatic N) is 1. The molecule has 1 heterocycles. The Balaban J connectivity index is 2.32. The molecule has 0 saturated carbocycles. The molecule has 0 bridgehead atoms. The van der Waals surface area contributed by atoms with Crippen molar-refractivity contribution in [1.82, 2.24) is 4.90 Å². The number of carboxylic acids is 1. The zero-order chi connectivity index (χ0) is 9.84. The number of hydrogen-bond donors (Lipinski definition) is 1. The highest BCUT2D eigenvalue weighted by atomic mass is 16.4. The molecule has 3 nitrogen and oxygen atoms in total. The molecule has 1 aliphatic heterocycles. The summed E-state index contributed by atoms with van der Waals surface area (Å²) in [6, 6.07) is 0. The molecule has 1 unspecified atom stereocenters. The highest BCUT2D eigenvalue weighted by Crippen LogP contribution is 2.19. The molecule has 0 aromatic rings. The summed E-state index contributed by atoms with van der Waals surface area (Å²) >= 11 is 0. The van der Waals surface area contributed by atoms with Crippen molar-refractivity contribution in [3.63, 3.8) is 0 Å². The summed E-state index contributed by atoms with van der Waals surface area (Å²) in [5, 5.41) is 8.64. The Labute approximate surface area is 79.0 Å². The van der Waals surface area contributed by atoms with Gasteiger partial charge >= 0.3 is 5.97 Å². The molecule has 1 aliphatic rings. The first-order valence-corrected chi connectivity index (χ1v) is 4.77. The van der Waals surface area contributed by atoms with Crippen LogP contribution < -0.4 is 0 Å². The fourth-order valence-electron chi connectivity index (χ4n) is 1.73. The number of aliphatic carboxylic acids is 1. The summed E-state index contributed by atoms with van der Waals surface area (Å²) < 4.78 is 0. The standard InChI is InChI=1S/C10H17NO2/c1-3-9-4-5-11(7-9)6-8(2)10(12)13/h9H,2-7H2,1H3,(H,12,13). The highest BCUT2D eigenvalue weighted by molar-refractivity contribution is 5.86. The molecule has 13 heavy (non-hydrogen) atoms. The van der Waals surface area contributed by atoms with E-state index in [0.717, 1.165) is 19.0 Å². The van der Waals surface area contributed by atoms with Crippen molar-refractivity contribution in [3.05, 3.63) is 12.2 Å². The normalized spacial score (nSPS) is 23.3. The van der Waals surface area contributed by atoms with Gasteiger partial charge in [0.2, 0.25) is 0 Å². The van der Waals surface area contributed by atoms with E-state index in [1.165, 1.54) is 12.8 Å². The zero-order valence-electron chi connectivity index (χ0n) is 8.12. The number of carboxylic acid groups (broad SMARTS) is 1. The maximum Gasteiger partial charge on any atom is 0.332 e. The molecule has 0 amide bonds. The number of likely N-dealkylation sites (tertiary alicyclic amines) is 1. The minimum Gasteiger partial charge on any atom is -0.478 e. The molecular formula is C10H17NO2. The molecule has 1 rings (SSSR count). The summed E-state index contributed by atoms with van der Waals surface area (Å²) in [7, 11) is 0. The quantitative estimate of drug-likeness (QED) is 0.669. The minimum absolute atomic E-state index is 0.303. The molecule has 0 spiro atoms. The van der Waals surface area contributed by atoms with Crippen molar-refractivity contribution < 1.29 is 9.90 Å². The van der Waals surface area contributed by atoms with Gasteiger partial charge in [-0.05, 0) is 18.9 Å². The predicted molar refractivity (Wildman–Crippen MR) is 51.6 cm³/mol. The van der Waals surface area contributed by atoms with Crippen LogP contribution in [0.5, 0.6) is 0 Å². The second-order valence-corrected chi connectivity index (χ2v) is 3.71. The van der Waals surface area contributed by atoms with Crippen molar-refractivity contribution in [2.24, 2.45) is 5.92 Å². The largest absolute Gasteiger partial charge is 0.478 e. The molecule has 0 radical (unpaired) electrons. The molecule has 0 aromatic carbocycles. The van der Waals surface area contributed by atoms with Crippen LogP contribution in [0.25, 0.3) is 0 Å². The Morgan fingerprint density at radius 3 is 2.85 bits per heavy atom. The molecule has 74 valence electrons. The molecule has 3 heteroatoms. The van der Waals surface area contributed by atoms with E-state index in [1.807, 2.05) is 0 Å². The van der Waals surface area contributed by atoms with Gasteiger partial charge < -0.3 is 5.11 Å². The Bertz CT molecular complexity index is 213. The Morgan fingerprint density at radius 1 is 1.69 bits per heavy atom. The van der Waals surface area contributed by atoms with E-state index in [0.29, 0.717) is 12.1 Å². The van der Waals surface area contributed by atoms with Gasteiger partial charge in [-0.3, -0.25) is 4.90 Å². The van der Waals surface area contributed by atoms with Gasteiger partial charge in [0.15, 0.2) is 0 Å². The number of rotatable bonds is 4. The first kappa shape index (κ1) is 10.3. The summed E-state index contributed by atoms with van der Waals surface area (Å²) in [5.74, 6) is -0.124. The smallest absolute Gasteiger partial charge is 0.332 e. The van der Waals surface area contributed by atoms with Gasteiger partial charge in [0.1, 0.15) is 0 Å². The third kappa shape index (κ3) is 2.84. The van der Waals surface area contributed by atoms with Gasteiger partial charge in [-0.1, -0.05) is 19.9 Å². The highest BCUT2D eigenvalue weighted by Gasteiger charge is 2.22. The number of carbonyl (C=O) groups is 1. The van der Waals surface area contributed by atoms with E-state index in [-0.39, 0.29) is 0 Å². The third-order valence-electron chi connectivity index (χ3n) is 2.66. The van der Waals surface area contributed by atoms with Crippen molar-refractivity contribution >= 4 is 5.97 Å². The molecule has 1 N–H and O–H groups in total. The van der Waals surface area contributed by atoms with E-state index >= 15 is 0 Å². The SMILES string of the molecule is C=C(CN1CCC(CC)C1)C(=O)O. The second kappa shape index (κ2) is 4.42. The predicted octanol–water partition coefficient (Wildman–Crippen LogP) is 1.36. The average molecular weight is 183 g/mol. The van der Waals surface area contributed by atoms with Crippen LogP contribution >= 0.6 is 0 Å². The van der Waals surface area contributed by atoms with Crippen LogP contribution in [0.15, 0.2) is 12.2 Å². The van der Waals surface area contributed by atoms with Crippen LogP contribution in [0.4, 0.5) is 0 Å². The van der Waals surface area contributed by atoms with Gasteiger partial charge in [-0.15, -0.1) is 0 Å². The lowest BCUT2D eigenvalue weighted by atomic mass is 10.1. The molecule has 1 atom stereocenters. The van der Waals surface area contributed by atoms with E-state index in [1.54, 1.807) is 0 Å². The van der Waals surface area contributed by atoms with Gasteiger partial charge in [-0.2, -0.15) is 0 Å². The molecule has 0 aromatic heterocycles. The molecular weight excluding hydrogens is 166 g/mol. The summed E-state index contributed by atoms with van der Waals surface area (Å²) in [4.78, 5) is 12.7. The first-order chi connectivity index (χ1) is 6.13. The molecule has 1 saturated heterocycles. The zero-order valence-corrected chi connectivity index (χ0v) is 8.12. The average Bonchev–Trinajstić information content (AvgIpc) is 2.52. The minimum atomic E-state index is -0.875. The fraction of sp³-hybridized carbons (Fsp3) is 0.700. The van der Waals surface area contributed by atoms with E-state index in [2.05, 4.69) is 18.4 Å². The summed E-state index contributed by atoms with van der Waals surface area (Å²) in [5.41, 5.74) is 0.303. The third-order valence-corrected chi connectivity index (χ3v) is 2.66. The number of hydrogen-bond acceptors (Lipinski definition) is 2. The lowest BCUT2D eigenvalue weighted by Gasteiger charge is -2.14. The maximum absolute atomic E-state index is 10.5. The van der Waals surface area contributed by atoms with E-state index < -0.39 is 5.97 Å². The van der Waals surface area contributed by atoms with E-state index in [9.17, 15) is 4.79 Å². The lowest BCUT2D eigenvalue weighted by Crippen LogP contribution is -2.25. The van der Waals surface area contributed by atoms with Crippen molar-refractivity contribution in [3.8, 4) is 0 Å². The van der Waals surface area contributed by atoms with Gasteiger partial charge in [0, 0.05) is 18.7 Å². The topological polar surface area (TPSA) is 40.5 Å². The molecule has 1 fully saturated rings. The van der Waals surface area contributed by atoms with Gasteiger partial charge in [0.05, 0.1) is 0 Å².